The van der Waals surface area contributed by atoms with Gasteiger partial charge in [0.05, 0.1) is 13.2 Å². The van der Waals surface area contributed by atoms with Crippen LogP contribution in [0.5, 0.6) is 5.75 Å². The first-order chi connectivity index (χ1) is 10.5. The number of hydrogen-bond donors (Lipinski definition) is 0. The summed E-state index contributed by atoms with van der Waals surface area (Å²) in [5.74, 6) is 1.40. The Morgan fingerprint density at radius 3 is 2.64 bits per heavy atom. The van der Waals surface area contributed by atoms with E-state index in [1.807, 2.05) is 19.1 Å². The maximum absolute atomic E-state index is 13.1. The second-order valence-corrected chi connectivity index (χ2v) is 6.42. The van der Waals surface area contributed by atoms with Gasteiger partial charge in [0.1, 0.15) is 5.75 Å². The van der Waals surface area contributed by atoms with Crippen LogP contribution in [-0.2, 0) is 11.2 Å². The zero-order chi connectivity index (χ0) is 16.3. The molecule has 1 aliphatic carbocycles. The Balaban J connectivity index is 2.45. The summed E-state index contributed by atoms with van der Waals surface area (Å²) in [7, 11) is 3.41. The number of fused-ring (bicyclic) bond motifs is 1. The molecule has 22 heavy (non-hydrogen) atoms. The van der Waals surface area contributed by atoms with Crippen molar-refractivity contribution in [1.82, 2.24) is 0 Å². The molecule has 0 N–H and O–H groups in total. The summed E-state index contributed by atoms with van der Waals surface area (Å²) in [5, 5.41) is 0. The summed E-state index contributed by atoms with van der Waals surface area (Å²) >= 11 is 0. The van der Waals surface area contributed by atoms with Crippen LogP contribution in [0.1, 0.15) is 54.6 Å². The van der Waals surface area contributed by atoms with E-state index < -0.39 is 0 Å². The molecule has 3 heteroatoms. The monoisotopic (exact) mass is 304 g/mol. The molecule has 3 atom stereocenters. The fraction of sp³-hybridized carbons (Fsp3) is 0.632. The fourth-order valence-corrected chi connectivity index (χ4v) is 3.60. The molecule has 0 aromatic heterocycles. The molecule has 0 spiro atoms. The van der Waals surface area contributed by atoms with Gasteiger partial charge in [0.2, 0.25) is 0 Å². The van der Waals surface area contributed by atoms with Gasteiger partial charge in [-0.1, -0.05) is 19.8 Å². The van der Waals surface area contributed by atoms with Gasteiger partial charge in [-0.15, -0.1) is 0 Å². The highest BCUT2D eigenvalue weighted by Crippen LogP contribution is 2.40. The molecule has 122 valence electrons. The van der Waals surface area contributed by atoms with Gasteiger partial charge in [-0.25, -0.2) is 0 Å². The van der Waals surface area contributed by atoms with Gasteiger partial charge in [0.15, 0.2) is 5.78 Å². The average molecular weight is 304 g/mol. The molecule has 0 saturated heterocycles. The van der Waals surface area contributed by atoms with E-state index >= 15 is 0 Å². The molecule has 0 heterocycles. The Labute approximate surface area is 134 Å². The molecule has 0 amide bonds. The minimum atomic E-state index is 0.0638. The van der Waals surface area contributed by atoms with Crippen molar-refractivity contribution in [3.63, 3.8) is 0 Å². The van der Waals surface area contributed by atoms with Crippen LogP contribution in [0, 0.1) is 18.8 Å². The van der Waals surface area contributed by atoms with Crippen LogP contribution < -0.4 is 4.74 Å². The van der Waals surface area contributed by atoms with Crippen molar-refractivity contribution in [3.05, 3.63) is 28.8 Å². The number of carbonyl (C=O) groups is 1. The van der Waals surface area contributed by atoms with Gasteiger partial charge >= 0.3 is 0 Å². The first kappa shape index (κ1) is 17.0. The van der Waals surface area contributed by atoms with Crippen LogP contribution in [0.25, 0.3) is 0 Å². The lowest BCUT2D eigenvalue weighted by Crippen LogP contribution is -2.38. The van der Waals surface area contributed by atoms with E-state index in [1.54, 1.807) is 14.2 Å². The minimum absolute atomic E-state index is 0.0638. The molecule has 1 aromatic rings. The molecular weight excluding hydrogens is 276 g/mol. The Kier molecular flexibility index (Phi) is 5.63. The summed E-state index contributed by atoms with van der Waals surface area (Å²) in [6.45, 7) is 6.26. The maximum Gasteiger partial charge on any atom is 0.166 e. The van der Waals surface area contributed by atoms with E-state index in [0.717, 1.165) is 48.1 Å². The summed E-state index contributed by atoms with van der Waals surface area (Å²) < 4.78 is 11.1. The van der Waals surface area contributed by atoms with Crippen molar-refractivity contribution in [1.29, 1.82) is 0 Å². The smallest absolute Gasteiger partial charge is 0.166 e. The normalized spacial score (nSPS) is 22.3. The number of unbranched alkanes of at least 4 members (excludes halogenated alkanes) is 1. The SMILES string of the molecule is CCCCC1C(=O)c2cc(C)cc(OC)c2CC1C(C)OC. The molecule has 0 aliphatic heterocycles. The second kappa shape index (κ2) is 7.28. The van der Waals surface area contributed by atoms with Crippen LogP contribution in [-0.4, -0.2) is 26.1 Å². The van der Waals surface area contributed by atoms with Gasteiger partial charge in [-0.05, 0) is 50.3 Å². The van der Waals surface area contributed by atoms with Crippen molar-refractivity contribution in [2.24, 2.45) is 11.8 Å². The van der Waals surface area contributed by atoms with Crippen molar-refractivity contribution in [2.75, 3.05) is 14.2 Å². The predicted octanol–water partition coefficient (Wildman–Crippen LogP) is 4.20. The Morgan fingerprint density at radius 1 is 1.32 bits per heavy atom. The largest absolute Gasteiger partial charge is 0.496 e. The van der Waals surface area contributed by atoms with Gasteiger partial charge in [0, 0.05) is 24.2 Å². The summed E-state index contributed by atoms with van der Waals surface area (Å²) in [4.78, 5) is 13.1. The quantitative estimate of drug-likeness (QED) is 0.790. The molecule has 1 aromatic carbocycles. The number of rotatable bonds is 6. The number of methoxy groups -OCH3 is 2. The standard InChI is InChI=1S/C19H28O3/c1-6-7-8-14-15(13(3)21-4)11-16-17(19(14)20)9-12(2)10-18(16)22-5/h9-10,13-15H,6-8,11H2,1-5H3. The van der Waals surface area contributed by atoms with E-state index in [4.69, 9.17) is 9.47 Å². The summed E-state index contributed by atoms with van der Waals surface area (Å²) in [5.41, 5.74) is 2.99. The highest BCUT2D eigenvalue weighted by Gasteiger charge is 2.39. The van der Waals surface area contributed by atoms with Crippen molar-refractivity contribution in [2.45, 2.75) is 52.6 Å². The van der Waals surface area contributed by atoms with E-state index in [-0.39, 0.29) is 23.7 Å². The molecule has 1 aliphatic rings. The zero-order valence-corrected chi connectivity index (χ0v) is 14.4. The molecular formula is C19H28O3. The zero-order valence-electron chi connectivity index (χ0n) is 14.4. The number of benzene rings is 1. The number of carbonyl (C=O) groups excluding carboxylic acids is 1. The number of Topliss-reactive ketones (excluding diaryl/α,β-unsaturated/α-hetero) is 1. The molecule has 2 rings (SSSR count). The van der Waals surface area contributed by atoms with Crippen molar-refractivity contribution in [3.8, 4) is 5.75 Å². The van der Waals surface area contributed by atoms with E-state index in [1.165, 1.54) is 0 Å². The van der Waals surface area contributed by atoms with Crippen LogP contribution >= 0.6 is 0 Å². The van der Waals surface area contributed by atoms with Gasteiger partial charge in [-0.2, -0.15) is 0 Å². The molecule has 0 saturated carbocycles. The predicted molar refractivity (Wildman–Crippen MR) is 88.7 cm³/mol. The lowest BCUT2D eigenvalue weighted by atomic mass is 9.70. The fourth-order valence-electron chi connectivity index (χ4n) is 3.60. The Hall–Kier alpha value is -1.35. The highest BCUT2D eigenvalue weighted by molar-refractivity contribution is 6.01. The molecule has 3 nitrogen and oxygen atoms in total. The number of hydrogen-bond acceptors (Lipinski definition) is 3. The lowest BCUT2D eigenvalue weighted by molar-refractivity contribution is 0.0311. The summed E-state index contributed by atoms with van der Waals surface area (Å²) in [6.07, 6.45) is 4.07. The third-order valence-corrected chi connectivity index (χ3v) is 4.98. The minimum Gasteiger partial charge on any atom is -0.496 e. The second-order valence-electron chi connectivity index (χ2n) is 6.42. The van der Waals surface area contributed by atoms with Crippen LogP contribution in [0.3, 0.4) is 0 Å². The van der Waals surface area contributed by atoms with Crippen molar-refractivity contribution >= 4 is 5.78 Å². The van der Waals surface area contributed by atoms with E-state index in [0.29, 0.717) is 0 Å². The third-order valence-electron chi connectivity index (χ3n) is 4.98. The van der Waals surface area contributed by atoms with Crippen molar-refractivity contribution < 1.29 is 14.3 Å². The van der Waals surface area contributed by atoms with E-state index in [2.05, 4.69) is 13.8 Å². The first-order valence-corrected chi connectivity index (χ1v) is 8.27. The first-order valence-electron chi connectivity index (χ1n) is 8.27. The molecule has 0 bridgehead atoms. The molecule has 3 unspecified atom stereocenters. The topological polar surface area (TPSA) is 35.5 Å². The number of aryl methyl sites for hydroxylation is 1. The molecule has 0 radical (unpaired) electrons. The van der Waals surface area contributed by atoms with Gasteiger partial charge in [0.25, 0.3) is 0 Å². The van der Waals surface area contributed by atoms with Gasteiger partial charge < -0.3 is 9.47 Å². The number of ketones is 1. The maximum atomic E-state index is 13.1. The Bertz CT molecular complexity index is 536. The van der Waals surface area contributed by atoms with E-state index in [9.17, 15) is 4.79 Å². The summed E-state index contributed by atoms with van der Waals surface area (Å²) in [6, 6.07) is 4.04. The molecule has 0 fully saturated rings. The lowest BCUT2D eigenvalue weighted by Gasteiger charge is -2.36. The van der Waals surface area contributed by atoms with Crippen LogP contribution in [0.4, 0.5) is 0 Å². The van der Waals surface area contributed by atoms with Gasteiger partial charge in [-0.3, -0.25) is 4.79 Å². The average Bonchev–Trinajstić information content (AvgIpc) is 2.52. The number of ether oxygens (including phenoxy) is 2. The van der Waals surface area contributed by atoms with Crippen LogP contribution in [0.2, 0.25) is 0 Å². The third kappa shape index (κ3) is 3.19. The van der Waals surface area contributed by atoms with Crippen LogP contribution in [0.15, 0.2) is 12.1 Å². The highest BCUT2D eigenvalue weighted by atomic mass is 16.5. The Morgan fingerprint density at radius 2 is 2.05 bits per heavy atom.